The summed E-state index contributed by atoms with van der Waals surface area (Å²) in [5.74, 6) is 0.154. The summed E-state index contributed by atoms with van der Waals surface area (Å²) in [6.45, 7) is 3.93. The van der Waals surface area contributed by atoms with Gasteiger partial charge in [-0.2, -0.15) is 0 Å². The van der Waals surface area contributed by atoms with Gasteiger partial charge in [0.1, 0.15) is 11.3 Å². The Labute approximate surface area is 169 Å². The van der Waals surface area contributed by atoms with Crippen LogP contribution in [0.3, 0.4) is 0 Å². The van der Waals surface area contributed by atoms with E-state index in [1.54, 1.807) is 6.92 Å². The van der Waals surface area contributed by atoms with Gasteiger partial charge in [-0.25, -0.2) is 9.59 Å². The Balaban J connectivity index is 1.79. The van der Waals surface area contributed by atoms with Crippen molar-refractivity contribution in [3.63, 3.8) is 0 Å². The molecule has 4 rings (SSSR count). The zero-order valence-electron chi connectivity index (χ0n) is 16.7. The van der Waals surface area contributed by atoms with Crippen LogP contribution in [-0.4, -0.2) is 12.6 Å². The van der Waals surface area contributed by atoms with Crippen LogP contribution in [0.25, 0.3) is 11.0 Å². The van der Waals surface area contributed by atoms with E-state index in [9.17, 15) is 9.59 Å². The van der Waals surface area contributed by atoms with Crippen LogP contribution in [0.5, 0.6) is 5.75 Å². The lowest BCUT2D eigenvalue weighted by molar-refractivity contribution is -0.151. The molecule has 1 aromatic heterocycles. The number of fused-ring (bicyclic) bond motifs is 3. The molecule has 0 aliphatic heterocycles. The van der Waals surface area contributed by atoms with Gasteiger partial charge >= 0.3 is 11.6 Å². The molecule has 0 N–H and O–H groups in total. The van der Waals surface area contributed by atoms with Gasteiger partial charge in [-0.15, -0.1) is 0 Å². The van der Waals surface area contributed by atoms with E-state index in [-0.39, 0.29) is 12.2 Å². The fraction of sp³-hybridized carbons (Fsp3) is 0.333. The first-order valence-corrected chi connectivity index (χ1v) is 10.1. The van der Waals surface area contributed by atoms with E-state index in [1.165, 1.54) is 0 Å². The predicted molar refractivity (Wildman–Crippen MR) is 110 cm³/mol. The molecule has 5 heteroatoms. The van der Waals surface area contributed by atoms with Gasteiger partial charge in [0.25, 0.3) is 0 Å². The van der Waals surface area contributed by atoms with E-state index >= 15 is 0 Å². The molecular formula is C24H24O5. The number of hydrogen-bond donors (Lipinski definition) is 0. The number of hydrogen-bond acceptors (Lipinski definition) is 5. The van der Waals surface area contributed by atoms with Crippen molar-refractivity contribution < 1.29 is 18.7 Å². The zero-order valence-corrected chi connectivity index (χ0v) is 16.7. The second-order valence-electron chi connectivity index (χ2n) is 7.33. The van der Waals surface area contributed by atoms with E-state index in [4.69, 9.17) is 13.9 Å². The lowest BCUT2D eigenvalue weighted by Gasteiger charge is -2.21. The lowest BCUT2D eigenvalue weighted by atomic mass is 9.90. The highest BCUT2D eigenvalue weighted by atomic mass is 16.6. The number of ether oxygens (including phenoxy) is 2. The molecule has 0 saturated heterocycles. The molecule has 150 valence electrons. The highest BCUT2D eigenvalue weighted by molar-refractivity contribution is 5.84. The van der Waals surface area contributed by atoms with Crippen LogP contribution in [0.4, 0.5) is 0 Å². The third-order valence-electron chi connectivity index (χ3n) is 5.37. The van der Waals surface area contributed by atoms with Crippen molar-refractivity contribution >= 4 is 16.9 Å². The molecule has 2 aromatic carbocycles. The van der Waals surface area contributed by atoms with Crippen LogP contribution in [0.1, 0.15) is 48.1 Å². The molecule has 1 unspecified atom stereocenters. The highest BCUT2D eigenvalue weighted by Crippen LogP contribution is 2.34. The number of benzene rings is 2. The lowest BCUT2D eigenvalue weighted by Crippen LogP contribution is -2.22. The van der Waals surface area contributed by atoms with E-state index in [2.05, 4.69) is 0 Å². The van der Waals surface area contributed by atoms with Gasteiger partial charge in [0.15, 0.2) is 0 Å². The monoisotopic (exact) mass is 392 g/mol. The standard InChI is InChI=1S/C24H24O5/c1-3-27-24(26)22(16-9-5-4-6-10-16)28-20-14-19-17-11-7-8-12-18(17)23(25)29-21(19)13-15(20)2/h4-6,9-10,13-14,22H,3,7-8,11-12H2,1-2H3. The van der Waals surface area contributed by atoms with Crippen LogP contribution in [-0.2, 0) is 22.4 Å². The third-order valence-corrected chi connectivity index (χ3v) is 5.37. The third kappa shape index (κ3) is 3.77. The van der Waals surface area contributed by atoms with Crippen LogP contribution in [0.15, 0.2) is 51.7 Å². The van der Waals surface area contributed by atoms with Crippen molar-refractivity contribution in [3.05, 3.63) is 75.1 Å². The highest BCUT2D eigenvalue weighted by Gasteiger charge is 2.26. The molecule has 0 fully saturated rings. The Hall–Kier alpha value is -3.08. The Morgan fingerprint density at radius 2 is 1.83 bits per heavy atom. The van der Waals surface area contributed by atoms with Crippen LogP contribution in [0.2, 0.25) is 0 Å². The molecule has 3 aromatic rings. The number of esters is 1. The van der Waals surface area contributed by atoms with E-state index in [1.807, 2.05) is 49.4 Å². The van der Waals surface area contributed by atoms with Crippen molar-refractivity contribution in [1.82, 2.24) is 0 Å². The van der Waals surface area contributed by atoms with Gasteiger partial charge < -0.3 is 13.9 Å². The summed E-state index contributed by atoms with van der Waals surface area (Å²) in [5, 5.41) is 0.885. The number of carbonyl (C=O) groups is 1. The van der Waals surface area contributed by atoms with Gasteiger partial charge in [0.05, 0.1) is 6.61 Å². The summed E-state index contributed by atoms with van der Waals surface area (Å²) in [6.07, 6.45) is 2.77. The number of carbonyl (C=O) groups excluding carboxylic acids is 1. The fourth-order valence-corrected chi connectivity index (χ4v) is 3.92. The van der Waals surface area contributed by atoms with Crippen molar-refractivity contribution in [2.24, 2.45) is 0 Å². The minimum Gasteiger partial charge on any atom is -0.474 e. The molecule has 0 bridgehead atoms. The topological polar surface area (TPSA) is 65.7 Å². The molecule has 0 saturated carbocycles. The normalized spacial score (nSPS) is 14.3. The van der Waals surface area contributed by atoms with Gasteiger partial charge in [0.2, 0.25) is 6.10 Å². The molecule has 1 heterocycles. The first kappa shape index (κ1) is 19.2. The molecule has 0 radical (unpaired) electrons. The SMILES string of the molecule is CCOC(=O)C(Oc1cc2c3c(c(=O)oc2cc1C)CCCC3)c1ccccc1. The fourth-order valence-electron chi connectivity index (χ4n) is 3.92. The molecule has 1 aliphatic carbocycles. The summed E-state index contributed by atoms with van der Waals surface area (Å²) < 4.78 is 17.0. The summed E-state index contributed by atoms with van der Waals surface area (Å²) in [7, 11) is 0. The Kier molecular flexibility index (Phi) is 5.38. The number of rotatable bonds is 5. The predicted octanol–water partition coefficient (Wildman–Crippen LogP) is 4.66. The maximum Gasteiger partial charge on any atom is 0.352 e. The van der Waals surface area contributed by atoms with Crippen molar-refractivity contribution in [2.75, 3.05) is 6.61 Å². The average Bonchev–Trinajstić information content (AvgIpc) is 2.73. The second-order valence-corrected chi connectivity index (χ2v) is 7.33. The van der Waals surface area contributed by atoms with E-state index in [0.717, 1.165) is 53.3 Å². The maximum absolute atomic E-state index is 12.6. The van der Waals surface area contributed by atoms with Crippen molar-refractivity contribution in [1.29, 1.82) is 0 Å². The van der Waals surface area contributed by atoms with Gasteiger partial charge in [-0.3, -0.25) is 0 Å². The summed E-state index contributed by atoms with van der Waals surface area (Å²) in [5.41, 5.74) is 3.65. The van der Waals surface area contributed by atoms with Crippen LogP contribution >= 0.6 is 0 Å². The molecular weight excluding hydrogens is 368 g/mol. The number of aryl methyl sites for hydroxylation is 2. The van der Waals surface area contributed by atoms with Crippen molar-refractivity contribution in [2.45, 2.75) is 45.6 Å². The molecule has 0 spiro atoms. The van der Waals surface area contributed by atoms with E-state index in [0.29, 0.717) is 11.3 Å². The summed E-state index contributed by atoms with van der Waals surface area (Å²) in [4.78, 5) is 24.9. The molecule has 0 amide bonds. The quantitative estimate of drug-likeness (QED) is 0.467. The van der Waals surface area contributed by atoms with Gasteiger partial charge in [-0.05, 0) is 62.8 Å². The minimum absolute atomic E-state index is 0.242. The smallest absolute Gasteiger partial charge is 0.352 e. The second kappa shape index (κ2) is 8.11. The Bertz CT molecular complexity index is 1100. The molecule has 1 aliphatic rings. The summed E-state index contributed by atoms with van der Waals surface area (Å²) in [6, 6.07) is 13.0. The molecule has 1 atom stereocenters. The first-order chi connectivity index (χ1) is 14.1. The summed E-state index contributed by atoms with van der Waals surface area (Å²) >= 11 is 0. The maximum atomic E-state index is 12.6. The minimum atomic E-state index is -0.862. The molecule has 5 nitrogen and oxygen atoms in total. The molecule has 29 heavy (non-hydrogen) atoms. The first-order valence-electron chi connectivity index (χ1n) is 10.1. The van der Waals surface area contributed by atoms with Gasteiger partial charge in [0, 0.05) is 16.5 Å². The zero-order chi connectivity index (χ0) is 20.4. The van der Waals surface area contributed by atoms with Crippen LogP contribution in [0, 0.1) is 6.92 Å². The van der Waals surface area contributed by atoms with Crippen LogP contribution < -0.4 is 10.4 Å². The Morgan fingerprint density at radius 3 is 2.55 bits per heavy atom. The largest absolute Gasteiger partial charge is 0.474 e. The van der Waals surface area contributed by atoms with E-state index < -0.39 is 12.1 Å². The Morgan fingerprint density at radius 1 is 1.10 bits per heavy atom. The average molecular weight is 392 g/mol. The van der Waals surface area contributed by atoms with Crippen molar-refractivity contribution in [3.8, 4) is 5.75 Å². The van der Waals surface area contributed by atoms with Gasteiger partial charge in [-0.1, -0.05) is 30.3 Å².